The van der Waals surface area contributed by atoms with Crippen LogP contribution < -0.4 is 19.3 Å². The summed E-state index contributed by atoms with van der Waals surface area (Å²) < 4.78 is 13.3. The third-order valence-electron chi connectivity index (χ3n) is 17.4. The van der Waals surface area contributed by atoms with Gasteiger partial charge in [-0.2, -0.15) is 0 Å². The number of carbonyl (C=O) groups is 2. The van der Waals surface area contributed by atoms with Gasteiger partial charge in [-0.1, -0.05) is 320 Å². The molecule has 0 atom stereocenters. The summed E-state index contributed by atoms with van der Waals surface area (Å²) in [5.41, 5.74) is 8.10. The van der Waals surface area contributed by atoms with E-state index in [1.54, 1.807) is 9.80 Å². The number of rotatable bonds is 46. The van der Waals surface area contributed by atoms with Crippen LogP contribution in [0.5, 0.6) is 11.5 Å². The number of anilines is 2. The number of ether oxygens (including phenoxy) is 2. The molecule has 4 aromatic rings. The maximum atomic E-state index is 15.1. The molecule has 1 aliphatic rings. The van der Waals surface area contributed by atoms with Gasteiger partial charge in [0, 0.05) is 11.1 Å². The van der Waals surface area contributed by atoms with Gasteiger partial charge in [-0.05, 0) is 97.9 Å². The lowest BCUT2D eigenvalue weighted by molar-refractivity contribution is 0.202. The summed E-state index contributed by atoms with van der Waals surface area (Å²) in [6.45, 7) is 9.10. The summed E-state index contributed by atoms with van der Waals surface area (Å²) in [7, 11) is 0. The molecule has 0 fully saturated rings. The molecule has 0 unspecified atom stereocenters. The van der Waals surface area contributed by atoms with Crippen molar-refractivity contribution in [3.8, 4) is 22.6 Å². The van der Waals surface area contributed by atoms with Crippen LogP contribution >= 0.6 is 0 Å². The monoisotopic (exact) mass is 1110 g/mol. The lowest BCUT2D eigenvalue weighted by Crippen LogP contribution is -2.46. The van der Waals surface area contributed by atoms with Crippen molar-refractivity contribution in [3.05, 3.63) is 107 Å². The van der Waals surface area contributed by atoms with Gasteiger partial charge >= 0.3 is 12.2 Å². The molecule has 6 heteroatoms. The van der Waals surface area contributed by atoms with Crippen molar-refractivity contribution >= 4 is 23.6 Å². The minimum absolute atomic E-state index is 0.0517. The maximum absolute atomic E-state index is 15.1. The van der Waals surface area contributed by atoms with Gasteiger partial charge in [0.05, 0.1) is 11.4 Å². The predicted octanol–water partition coefficient (Wildman–Crippen LogP) is 24.2. The van der Waals surface area contributed by atoms with E-state index in [4.69, 9.17) is 9.47 Å². The first-order chi connectivity index (χ1) is 40.0. The number of unbranched alkanes of at least 4 members (excludes halogenated alkanes) is 36. The van der Waals surface area contributed by atoms with Crippen molar-refractivity contribution in [1.29, 1.82) is 0 Å². The van der Waals surface area contributed by atoms with Crippen molar-refractivity contribution < 1.29 is 19.1 Å². The molecule has 0 aliphatic carbocycles. The summed E-state index contributed by atoms with van der Waals surface area (Å²) in [6, 6.07) is 28.7. The average molecular weight is 1110 g/mol. The Bertz CT molecular complexity index is 2110. The highest BCUT2D eigenvalue weighted by atomic mass is 16.6. The third kappa shape index (κ3) is 25.8. The van der Waals surface area contributed by atoms with Gasteiger partial charge in [-0.15, -0.1) is 0 Å². The van der Waals surface area contributed by atoms with E-state index >= 15 is 9.59 Å². The first-order valence-corrected chi connectivity index (χ1v) is 34.4. The smallest absolute Gasteiger partial charge is 0.410 e. The van der Waals surface area contributed by atoms with Gasteiger partial charge in [-0.25, -0.2) is 9.59 Å². The summed E-state index contributed by atoms with van der Waals surface area (Å²) in [6.07, 6.45) is 54.4. The molecule has 450 valence electrons. The van der Waals surface area contributed by atoms with Gasteiger partial charge in [0.25, 0.3) is 0 Å². The standard InChI is InChI=1S/C75H116N2O4/c1-5-9-13-17-21-25-29-33-37-41-51-64-53-49-61-72(66(64)55-43-39-35-31-27-23-19-15-11-7-3)80-74(78)76-63-77(71-60-48-46-58-69(71)68-57-45-47-59-70(68)76)75(79)81-73-62-50-54-65(52-42-38-34-30-26-22-18-14-10-6-2)67(73)56-44-40-36-32-28-24-20-16-12-8-4/h45-50,53-54,57-62H,5-44,51-52,55-56,63H2,1-4H3. The van der Waals surface area contributed by atoms with Crippen LogP contribution in [-0.4, -0.2) is 18.9 Å². The molecule has 6 nitrogen and oxygen atoms in total. The number of carbonyl (C=O) groups excluding carboxylic acids is 2. The lowest BCUT2D eigenvalue weighted by Gasteiger charge is -2.28. The van der Waals surface area contributed by atoms with Crippen molar-refractivity contribution in [3.63, 3.8) is 0 Å². The lowest BCUT2D eigenvalue weighted by atomic mass is 9.95. The zero-order chi connectivity index (χ0) is 57.2. The minimum Gasteiger partial charge on any atom is -0.410 e. The number of aryl methyl sites for hydroxylation is 2. The number of benzene rings is 4. The second kappa shape index (κ2) is 43.1. The second-order valence-electron chi connectivity index (χ2n) is 24.3. The van der Waals surface area contributed by atoms with E-state index < -0.39 is 12.2 Å². The van der Waals surface area contributed by atoms with E-state index in [2.05, 4.69) is 64.1 Å². The van der Waals surface area contributed by atoms with Gasteiger partial charge in [-0.3, -0.25) is 9.80 Å². The number of para-hydroxylation sites is 2. The second-order valence-corrected chi connectivity index (χ2v) is 24.3. The van der Waals surface area contributed by atoms with Crippen LogP contribution in [-0.2, 0) is 25.7 Å². The minimum atomic E-state index is -0.492. The Hall–Kier alpha value is -4.58. The van der Waals surface area contributed by atoms with Crippen molar-refractivity contribution in [1.82, 2.24) is 0 Å². The normalized spacial score (nSPS) is 12.1. The largest absolute Gasteiger partial charge is 0.421 e. The molecule has 81 heavy (non-hydrogen) atoms. The highest BCUT2D eigenvalue weighted by molar-refractivity contribution is 6.04. The fourth-order valence-electron chi connectivity index (χ4n) is 12.4. The van der Waals surface area contributed by atoms with E-state index in [0.717, 1.165) is 73.6 Å². The number of fused-ring (bicyclic) bond motifs is 3. The first kappa shape index (κ1) is 67.2. The van der Waals surface area contributed by atoms with Crippen LogP contribution in [0.4, 0.5) is 21.0 Å². The Morgan fingerprint density at radius 3 is 0.864 bits per heavy atom. The number of hydrogen-bond donors (Lipinski definition) is 0. The van der Waals surface area contributed by atoms with E-state index in [9.17, 15) is 0 Å². The molecular formula is C75H116N2O4. The van der Waals surface area contributed by atoms with Crippen LogP contribution in [0.1, 0.15) is 307 Å². The number of nitrogens with zero attached hydrogens (tertiary/aromatic N) is 2. The van der Waals surface area contributed by atoms with Crippen molar-refractivity contribution in [2.24, 2.45) is 0 Å². The SMILES string of the molecule is CCCCCCCCCCCCc1cccc(OC(=O)N2CN(C(=O)Oc3cccc(CCCCCCCCCCCC)c3CCCCCCCCCCCC)c3ccccc3-c3ccccc32)c1CCCCCCCCCCCC. The van der Waals surface area contributed by atoms with E-state index in [0.29, 0.717) is 22.9 Å². The molecule has 0 aromatic heterocycles. The van der Waals surface area contributed by atoms with Crippen LogP contribution in [0.25, 0.3) is 11.1 Å². The van der Waals surface area contributed by atoms with Gasteiger partial charge in [0.1, 0.15) is 18.2 Å². The summed E-state index contributed by atoms with van der Waals surface area (Å²) in [5, 5.41) is 0. The molecular weight excluding hydrogens is 993 g/mol. The zero-order valence-electron chi connectivity index (χ0n) is 52.4. The third-order valence-corrected chi connectivity index (χ3v) is 17.4. The van der Waals surface area contributed by atoms with Crippen LogP contribution in [0.2, 0.25) is 0 Å². The molecule has 0 N–H and O–H groups in total. The highest BCUT2D eigenvalue weighted by Crippen LogP contribution is 2.42. The summed E-state index contributed by atoms with van der Waals surface area (Å²) >= 11 is 0. The Labute approximate surface area is 496 Å². The molecule has 1 heterocycles. The molecule has 2 amide bonds. The van der Waals surface area contributed by atoms with Crippen LogP contribution in [0, 0.1) is 0 Å². The van der Waals surface area contributed by atoms with Crippen LogP contribution in [0.15, 0.2) is 84.9 Å². The van der Waals surface area contributed by atoms with Gasteiger partial charge in [0.2, 0.25) is 0 Å². The Morgan fingerprint density at radius 2 is 0.568 bits per heavy atom. The molecule has 4 aromatic carbocycles. The highest BCUT2D eigenvalue weighted by Gasteiger charge is 2.34. The Kier molecular flexibility index (Phi) is 35.8. The molecule has 0 bridgehead atoms. The summed E-state index contributed by atoms with van der Waals surface area (Å²) in [4.78, 5) is 33.6. The van der Waals surface area contributed by atoms with E-state index in [-0.39, 0.29) is 6.67 Å². The molecule has 0 spiro atoms. The van der Waals surface area contributed by atoms with E-state index in [1.807, 2.05) is 48.5 Å². The summed E-state index contributed by atoms with van der Waals surface area (Å²) in [5.74, 6) is 1.29. The zero-order valence-corrected chi connectivity index (χ0v) is 52.4. The quantitative estimate of drug-likeness (QED) is 0.0414. The van der Waals surface area contributed by atoms with E-state index in [1.165, 1.54) is 242 Å². The molecule has 0 radical (unpaired) electrons. The van der Waals surface area contributed by atoms with Gasteiger partial charge in [0.15, 0.2) is 0 Å². The predicted molar refractivity (Wildman–Crippen MR) is 349 cm³/mol. The fourth-order valence-corrected chi connectivity index (χ4v) is 12.4. The van der Waals surface area contributed by atoms with Crippen LogP contribution in [0.3, 0.4) is 0 Å². The number of amides is 2. The van der Waals surface area contributed by atoms with Crippen molar-refractivity contribution in [2.75, 3.05) is 16.5 Å². The molecule has 1 aliphatic heterocycles. The Balaban J connectivity index is 1.33. The first-order valence-electron chi connectivity index (χ1n) is 34.4. The molecule has 0 saturated heterocycles. The molecule has 5 rings (SSSR count). The average Bonchev–Trinajstić information content (AvgIpc) is 3.94. The van der Waals surface area contributed by atoms with Crippen molar-refractivity contribution in [2.45, 2.75) is 310 Å². The number of hydrogen-bond acceptors (Lipinski definition) is 4. The Morgan fingerprint density at radius 1 is 0.309 bits per heavy atom. The van der Waals surface area contributed by atoms with Gasteiger partial charge < -0.3 is 9.47 Å². The maximum Gasteiger partial charge on any atom is 0.421 e. The fraction of sp³-hybridized carbons (Fsp3) is 0.653. The topological polar surface area (TPSA) is 59.1 Å². The molecule has 0 saturated carbocycles.